The van der Waals surface area contributed by atoms with Gasteiger partial charge in [0, 0.05) is 49.8 Å². The van der Waals surface area contributed by atoms with E-state index in [4.69, 9.17) is 0 Å². The van der Waals surface area contributed by atoms with Crippen molar-refractivity contribution in [3.8, 4) is 0 Å². The quantitative estimate of drug-likeness (QED) is 0.230. The Bertz CT molecular complexity index is 1400. The van der Waals surface area contributed by atoms with Crippen molar-refractivity contribution < 1.29 is 14.7 Å². The van der Waals surface area contributed by atoms with E-state index >= 15 is 0 Å². The molecule has 6 nitrogen and oxygen atoms in total. The first-order valence-electron chi connectivity index (χ1n) is 13.9. The first-order valence-corrected chi connectivity index (χ1v) is 13.9. The molecule has 0 saturated carbocycles. The predicted octanol–water partition coefficient (Wildman–Crippen LogP) is 6.10. The molecule has 202 valence electrons. The number of hydrogen-bond acceptors (Lipinski definition) is 5. The van der Waals surface area contributed by atoms with Gasteiger partial charge in [-0.1, -0.05) is 24.3 Å². The van der Waals surface area contributed by atoms with Crippen LogP contribution in [0.1, 0.15) is 55.0 Å². The number of carbonyl (C=O) groups is 2. The van der Waals surface area contributed by atoms with Gasteiger partial charge in [0.05, 0.1) is 11.6 Å². The van der Waals surface area contributed by atoms with E-state index in [0.29, 0.717) is 11.3 Å². The van der Waals surface area contributed by atoms with Gasteiger partial charge in [0.15, 0.2) is 0 Å². The predicted molar refractivity (Wildman–Crippen MR) is 159 cm³/mol. The highest BCUT2D eigenvalue weighted by atomic mass is 16.3. The number of hydrogen-bond donors (Lipinski definition) is 1. The number of Topliss-reactive ketones (excluding diaryl/α,β-unsaturated/α-hetero) is 1. The standard InChI is InChI=1S/C33H37N3O3/c1-5-35(6-2)27-17-19-28(20-18-27)36-30(23-13-15-26(16-14-23)34(3)4)29(32(38)33(36)39)31(37)25-12-11-22-9-7-8-10-24(22)21-25/h11-21,30,37H,5-10H2,1-4H3/b31-29-. The summed E-state index contributed by atoms with van der Waals surface area (Å²) < 4.78 is 0. The molecular weight excluding hydrogens is 486 g/mol. The van der Waals surface area contributed by atoms with Crippen molar-refractivity contribution in [2.45, 2.75) is 45.6 Å². The summed E-state index contributed by atoms with van der Waals surface area (Å²) in [5, 5.41) is 11.6. The molecule has 0 radical (unpaired) electrons. The van der Waals surface area contributed by atoms with Crippen LogP contribution in [0.5, 0.6) is 0 Å². The molecule has 1 atom stereocenters. The summed E-state index contributed by atoms with van der Waals surface area (Å²) in [4.78, 5) is 32.9. The third-order valence-corrected chi connectivity index (χ3v) is 8.05. The number of amides is 1. The van der Waals surface area contributed by atoms with Gasteiger partial charge in [0.25, 0.3) is 11.7 Å². The van der Waals surface area contributed by atoms with E-state index in [-0.39, 0.29) is 11.3 Å². The molecule has 1 aliphatic carbocycles. The summed E-state index contributed by atoms with van der Waals surface area (Å²) >= 11 is 0. The normalized spacial score (nSPS) is 18.3. The van der Waals surface area contributed by atoms with Gasteiger partial charge in [0.1, 0.15) is 5.76 Å². The Hall–Kier alpha value is -4.06. The zero-order valence-corrected chi connectivity index (χ0v) is 23.3. The summed E-state index contributed by atoms with van der Waals surface area (Å²) in [6.07, 6.45) is 4.27. The lowest BCUT2D eigenvalue weighted by Crippen LogP contribution is -2.29. The lowest BCUT2D eigenvalue weighted by atomic mass is 9.88. The van der Waals surface area contributed by atoms with Crippen LogP contribution in [0.2, 0.25) is 0 Å². The fourth-order valence-electron chi connectivity index (χ4n) is 5.82. The number of rotatable bonds is 7. The highest BCUT2D eigenvalue weighted by molar-refractivity contribution is 6.51. The Morgan fingerprint density at radius 1 is 0.846 bits per heavy atom. The molecule has 39 heavy (non-hydrogen) atoms. The molecule has 0 bridgehead atoms. The Morgan fingerprint density at radius 2 is 1.46 bits per heavy atom. The lowest BCUT2D eigenvalue weighted by molar-refractivity contribution is -0.132. The van der Waals surface area contributed by atoms with Crippen LogP contribution >= 0.6 is 0 Å². The molecular formula is C33H37N3O3. The van der Waals surface area contributed by atoms with Gasteiger partial charge in [-0.2, -0.15) is 0 Å². The third kappa shape index (κ3) is 4.91. The van der Waals surface area contributed by atoms with Crippen molar-refractivity contribution in [3.05, 3.63) is 94.6 Å². The maximum Gasteiger partial charge on any atom is 0.300 e. The second-order valence-electron chi connectivity index (χ2n) is 10.5. The van der Waals surface area contributed by atoms with E-state index in [1.54, 1.807) is 0 Å². The van der Waals surface area contributed by atoms with Crippen molar-refractivity contribution >= 4 is 34.5 Å². The van der Waals surface area contributed by atoms with E-state index in [9.17, 15) is 14.7 Å². The minimum Gasteiger partial charge on any atom is -0.507 e. The Balaban J connectivity index is 1.63. The molecule has 1 unspecified atom stereocenters. The van der Waals surface area contributed by atoms with E-state index < -0.39 is 17.7 Å². The van der Waals surface area contributed by atoms with E-state index in [0.717, 1.165) is 49.3 Å². The summed E-state index contributed by atoms with van der Waals surface area (Å²) in [6.45, 7) is 5.96. The number of nitrogens with zero attached hydrogens (tertiary/aromatic N) is 3. The molecule has 0 spiro atoms. The van der Waals surface area contributed by atoms with E-state index in [1.807, 2.05) is 85.7 Å². The molecule has 1 amide bonds. The summed E-state index contributed by atoms with van der Waals surface area (Å²) in [5.74, 6) is -1.42. The topological polar surface area (TPSA) is 64.1 Å². The molecule has 0 aromatic heterocycles. The number of fused-ring (bicyclic) bond motifs is 1. The monoisotopic (exact) mass is 523 g/mol. The number of ketones is 1. The molecule has 5 rings (SSSR count). The fraction of sp³-hybridized carbons (Fsp3) is 0.333. The van der Waals surface area contributed by atoms with Crippen LogP contribution < -0.4 is 14.7 Å². The minimum atomic E-state index is -0.739. The first-order chi connectivity index (χ1) is 18.8. The Kier molecular flexibility index (Phi) is 7.47. The molecule has 1 heterocycles. The second kappa shape index (κ2) is 11.0. The van der Waals surface area contributed by atoms with E-state index in [1.165, 1.54) is 22.4 Å². The maximum atomic E-state index is 13.6. The SMILES string of the molecule is CCN(CC)c1ccc(N2C(=O)C(=O)/C(=C(\O)c3ccc4c(c3)CCCC4)C2c2ccc(N(C)C)cc2)cc1. The number of anilines is 3. The maximum absolute atomic E-state index is 13.6. The minimum absolute atomic E-state index is 0.120. The molecule has 2 aliphatic rings. The van der Waals surface area contributed by atoms with Crippen LogP contribution in [-0.2, 0) is 22.4 Å². The highest BCUT2D eigenvalue weighted by Crippen LogP contribution is 2.43. The molecule has 3 aromatic carbocycles. The van der Waals surface area contributed by atoms with Crippen LogP contribution in [0.25, 0.3) is 5.76 Å². The van der Waals surface area contributed by atoms with Gasteiger partial charge in [-0.15, -0.1) is 0 Å². The van der Waals surface area contributed by atoms with E-state index in [2.05, 4.69) is 18.7 Å². The molecule has 1 aliphatic heterocycles. The molecule has 1 N–H and O–H groups in total. The fourth-order valence-corrected chi connectivity index (χ4v) is 5.82. The Morgan fingerprint density at radius 3 is 2.08 bits per heavy atom. The van der Waals surface area contributed by atoms with Crippen LogP contribution in [0.3, 0.4) is 0 Å². The summed E-state index contributed by atoms with van der Waals surface area (Å²) in [5.41, 5.74) is 6.67. The average Bonchev–Trinajstić information content (AvgIpc) is 3.23. The molecule has 6 heteroatoms. The van der Waals surface area contributed by atoms with Gasteiger partial charge in [0.2, 0.25) is 0 Å². The molecule has 3 aromatic rings. The third-order valence-electron chi connectivity index (χ3n) is 8.05. The lowest BCUT2D eigenvalue weighted by Gasteiger charge is -2.27. The first kappa shape index (κ1) is 26.5. The number of aliphatic hydroxyl groups excluding tert-OH is 1. The zero-order valence-electron chi connectivity index (χ0n) is 23.3. The largest absolute Gasteiger partial charge is 0.507 e. The second-order valence-corrected chi connectivity index (χ2v) is 10.5. The summed E-state index contributed by atoms with van der Waals surface area (Å²) in [7, 11) is 3.93. The van der Waals surface area contributed by atoms with Crippen molar-refractivity contribution in [3.63, 3.8) is 0 Å². The van der Waals surface area contributed by atoms with Crippen molar-refractivity contribution in [2.24, 2.45) is 0 Å². The number of benzene rings is 3. The Labute approximate surface area is 231 Å². The molecule has 1 fully saturated rings. The van der Waals surface area contributed by atoms with Crippen molar-refractivity contribution in [1.29, 1.82) is 0 Å². The van der Waals surface area contributed by atoms with Gasteiger partial charge >= 0.3 is 0 Å². The summed E-state index contributed by atoms with van der Waals surface area (Å²) in [6, 6.07) is 20.7. The molecule has 1 saturated heterocycles. The van der Waals surface area contributed by atoms with Crippen molar-refractivity contribution in [2.75, 3.05) is 41.9 Å². The van der Waals surface area contributed by atoms with Gasteiger partial charge in [-0.3, -0.25) is 14.5 Å². The van der Waals surface area contributed by atoms with Crippen molar-refractivity contribution in [1.82, 2.24) is 0 Å². The van der Waals surface area contributed by atoms with Gasteiger partial charge in [-0.05, 0) is 98.7 Å². The van der Waals surface area contributed by atoms with Crippen LogP contribution in [-0.4, -0.2) is 44.0 Å². The number of aryl methyl sites for hydroxylation is 2. The zero-order chi connectivity index (χ0) is 27.7. The number of aliphatic hydroxyl groups is 1. The van der Waals surface area contributed by atoms with Gasteiger partial charge < -0.3 is 14.9 Å². The highest BCUT2D eigenvalue weighted by Gasteiger charge is 2.47. The van der Waals surface area contributed by atoms with Crippen LogP contribution in [0, 0.1) is 0 Å². The smallest absolute Gasteiger partial charge is 0.300 e. The average molecular weight is 524 g/mol. The van der Waals surface area contributed by atoms with Crippen LogP contribution in [0.15, 0.2) is 72.3 Å². The van der Waals surface area contributed by atoms with Gasteiger partial charge in [-0.25, -0.2) is 0 Å². The number of carbonyl (C=O) groups excluding carboxylic acids is 2. The van der Waals surface area contributed by atoms with Crippen LogP contribution in [0.4, 0.5) is 17.1 Å².